The van der Waals surface area contributed by atoms with Gasteiger partial charge < -0.3 is 4.74 Å². The number of ether oxygens (including phenoxy) is 1. The summed E-state index contributed by atoms with van der Waals surface area (Å²) >= 11 is 0. The summed E-state index contributed by atoms with van der Waals surface area (Å²) in [5.74, 6) is 0. The molecule has 0 unspecified atom stereocenters. The van der Waals surface area contributed by atoms with Gasteiger partial charge in [0.15, 0.2) is 0 Å². The predicted octanol–water partition coefficient (Wildman–Crippen LogP) is 0.315. The molecule has 0 rings (SSSR count). The first kappa shape index (κ1) is 5.92. The van der Waals surface area contributed by atoms with Gasteiger partial charge in [-0.2, -0.15) is 0 Å². The van der Waals surface area contributed by atoms with Crippen LogP contribution in [0.1, 0.15) is 0 Å². The van der Waals surface area contributed by atoms with Crippen LogP contribution in [-0.4, -0.2) is 23.1 Å². The molecule has 0 heterocycles. The van der Waals surface area contributed by atoms with Crippen molar-refractivity contribution in [2.24, 2.45) is 0 Å². The first-order valence-corrected chi connectivity index (χ1v) is 2.45. The van der Waals surface area contributed by atoms with Crippen molar-refractivity contribution >= 4 is 10.2 Å². The smallest absolute Gasteiger partial charge is 0.0640 e. The van der Waals surface area contributed by atoms with Crippen molar-refractivity contribution in [3.05, 3.63) is 12.7 Å². The van der Waals surface area contributed by atoms with E-state index >= 15 is 0 Å². The van der Waals surface area contributed by atoms with E-state index in [-0.39, 0.29) is 0 Å². The van der Waals surface area contributed by atoms with Crippen molar-refractivity contribution < 1.29 is 4.74 Å². The van der Waals surface area contributed by atoms with Gasteiger partial charge in [-0.15, -0.1) is 6.58 Å². The topological polar surface area (TPSA) is 9.23 Å². The van der Waals surface area contributed by atoms with Crippen molar-refractivity contribution in [3.8, 4) is 0 Å². The van der Waals surface area contributed by atoms with E-state index in [1.54, 1.807) is 6.08 Å². The molecule has 0 aliphatic rings. The molecule has 0 fully saturated rings. The number of hydrogen-bond donors (Lipinski definition) is 0. The quantitative estimate of drug-likeness (QED) is 0.281. The molecule has 0 saturated carbocycles. The maximum absolute atomic E-state index is 4.78. The monoisotopic (exact) mass is 99.0 g/mol. The average Bonchev–Trinajstić information content (AvgIpc) is 1.61. The van der Waals surface area contributed by atoms with Gasteiger partial charge in [0.2, 0.25) is 0 Å². The third-order valence-corrected chi connectivity index (χ3v) is 0.542. The zero-order valence-corrected chi connectivity index (χ0v) is 4.61. The highest BCUT2D eigenvalue weighted by Gasteiger charge is 1.68. The van der Waals surface area contributed by atoms with Crippen LogP contribution in [0.25, 0.3) is 0 Å². The van der Waals surface area contributed by atoms with Crippen LogP contribution in [-0.2, 0) is 4.74 Å². The van der Waals surface area contributed by atoms with E-state index in [1.165, 1.54) is 0 Å². The van der Waals surface area contributed by atoms with Gasteiger partial charge in [0.05, 0.1) is 16.8 Å². The highest BCUT2D eigenvalue weighted by molar-refractivity contribution is 6.08. The summed E-state index contributed by atoms with van der Waals surface area (Å²) in [5, 5.41) is 0. The number of hydrogen-bond acceptors (Lipinski definition) is 1. The molecule has 3 radical (unpaired) electrons. The second-order valence-corrected chi connectivity index (χ2v) is 1.09. The van der Waals surface area contributed by atoms with Gasteiger partial charge in [-0.25, -0.2) is 0 Å². The zero-order chi connectivity index (χ0) is 4.83. The SMILES string of the molecule is C=CCOC[Si]. The van der Waals surface area contributed by atoms with Gasteiger partial charge in [-0.3, -0.25) is 0 Å². The van der Waals surface area contributed by atoms with E-state index in [0.29, 0.717) is 12.8 Å². The molecule has 0 spiro atoms. The molecule has 0 aliphatic carbocycles. The van der Waals surface area contributed by atoms with Gasteiger partial charge in [-0.05, 0) is 0 Å². The standard InChI is InChI=1S/C4H7OSi/c1-2-3-5-4-6/h2H,1,3-4H2. The van der Waals surface area contributed by atoms with Crippen LogP contribution in [0.3, 0.4) is 0 Å². The van der Waals surface area contributed by atoms with Crippen LogP contribution in [0.2, 0.25) is 0 Å². The molecule has 0 amide bonds. The van der Waals surface area contributed by atoms with Crippen molar-refractivity contribution in [1.82, 2.24) is 0 Å². The zero-order valence-electron chi connectivity index (χ0n) is 3.61. The lowest BCUT2D eigenvalue weighted by Crippen LogP contribution is -1.90. The van der Waals surface area contributed by atoms with Crippen LogP contribution in [0.15, 0.2) is 12.7 Å². The lowest BCUT2D eigenvalue weighted by Gasteiger charge is -1.88. The second kappa shape index (κ2) is 4.92. The molecule has 6 heavy (non-hydrogen) atoms. The third kappa shape index (κ3) is 3.92. The van der Waals surface area contributed by atoms with E-state index in [0.717, 1.165) is 0 Å². The first-order chi connectivity index (χ1) is 2.91. The Labute approximate surface area is 41.4 Å². The molecule has 0 aromatic carbocycles. The Morgan fingerprint density at radius 1 is 1.83 bits per heavy atom. The van der Waals surface area contributed by atoms with Gasteiger partial charge >= 0.3 is 0 Å². The minimum atomic E-state index is 0.589. The summed E-state index contributed by atoms with van der Waals surface area (Å²) in [4.78, 5) is 0. The van der Waals surface area contributed by atoms with Crippen molar-refractivity contribution in [2.75, 3.05) is 12.8 Å². The Morgan fingerprint density at radius 3 is 2.67 bits per heavy atom. The predicted molar refractivity (Wildman–Crippen MR) is 26.8 cm³/mol. The van der Waals surface area contributed by atoms with Gasteiger partial charge in [0, 0.05) is 6.23 Å². The second-order valence-electron chi connectivity index (χ2n) is 0.804. The van der Waals surface area contributed by atoms with Gasteiger partial charge in [0.25, 0.3) is 0 Å². The van der Waals surface area contributed by atoms with Crippen LogP contribution in [0.4, 0.5) is 0 Å². The van der Waals surface area contributed by atoms with Gasteiger partial charge in [0.1, 0.15) is 0 Å². The van der Waals surface area contributed by atoms with E-state index in [4.69, 9.17) is 4.74 Å². The van der Waals surface area contributed by atoms with Crippen molar-refractivity contribution in [1.29, 1.82) is 0 Å². The summed E-state index contributed by atoms with van der Waals surface area (Å²) in [5.41, 5.74) is 0. The molecule has 0 N–H and O–H groups in total. The Morgan fingerprint density at radius 2 is 2.50 bits per heavy atom. The average molecular weight is 99.2 g/mol. The third-order valence-electron chi connectivity index (χ3n) is 0.338. The molecule has 0 atom stereocenters. The highest BCUT2D eigenvalue weighted by Crippen LogP contribution is 1.66. The first-order valence-electron chi connectivity index (χ1n) is 1.75. The van der Waals surface area contributed by atoms with Crippen molar-refractivity contribution in [2.45, 2.75) is 0 Å². The molecule has 0 aliphatic heterocycles. The minimum Gasteiger partial charge on any atom is -0.382 e. The van der Waals surface area contributed by atoms with Gasteiger partial charge in [-0.1, -0.05) is 6.08 Å². The Hall–Kier alpha value is -0.0831. The molecule has 1 nitrogen and oxygen atoms in total. The van der Waals surface area contributed by atoms with Crippen LogP contribution in [0.5, 0.6) is 0 Å². The summed E-state index contributed by atoms with van der Waals surface area (Å²) in [7, 11) is 3.12. The molecule has 2 heteroatoms. The van der Waals surface area contributed by atoms with Crippen LogP contribution >= 0.6 is 0 Å². The Kier molecular flexibility index (Phi) is 4.85. The maximum atomic E-state index is 4.78. The summed E-state index contributed by atoms with van der Waals surface area (Å²) < 4.78 is 4.78. The fourth-order valence-corrected chi connectivity index (χ4v) is 0.260. The highest BCUT2D eigenvalue weighted by atomic mass is 28.1. The minimum absolute atomic E-state index is 0.589. The van der Waals surface area contributed by atoms with E-state index in [9.17, 15) is 0 Å². The summed E-state index contributed by atoms with van der Waals surface area (Å²) in [6.45, 7) is 4.08. The maximum Gasteiger partial charge on any atom is 0.0640 e. The lowest BCUT2D eigenvalue weighted by atomic mass is 10.7. The van der Waals surface area contributed by atoms with E-state index in [2.05, 4.69) is 16.8 Å². The Balaban J connectivity index is 2.49. The van der Waals surface area contributed by atoms with E-state index < -0.39 is 0 Å². The fraction of sp³-hybridized carbons (Fsp3) is 0.500. The van der Waals surface area contributed by atoms with Crippen molar-refractivity contribution in [3.63, 3.8) is 0 Å². The summed E-state index contributed by atoms with van der Waals surface area (Å²) in [6, 6.07) is 0. The normalized spacial score (nSPS) is 8.17. The fourth-order valence-electron chi connectivity index (χ4n) is 0.142. The molecule has 33 valence electrons. The lowest BCUT2D eigenvalue weighted by molar-refractivity contribution is 0.212. The molecular formula is C4H7OSi. The van der Waals surface area contributed by atoms with E-state index in [1.807, 2.05) is 0 Å². The van der Waals surface area contributed by atoms with Crippen LogP contribution < -0.4 is 0 Å². The number of rotatable bonds is 3. The molecular weight excluding hydrogens is 92.1 g/mol. The molecule has 0 aromatic rings. The summed E-state index contributed by atoms with van der Waals surface area (Å²) in [6.07, 6.45) is 2.30. The molecule has 0 bridgehead atoms. The van der Waals surface area contributed by atoms with Crippen LogP contribution in [0, 0.1) is 0 Å². The Bertz CT molecular complexity index is 36.5. The largest absolute Gasteiger partial charge is 0.382 e. The molecule has 0 saturated heterocycles. The molecule has 0 aromatic heterocycles.